The number of hydrogen-bond acceptors (Lipinski definition) is 8. The Morgan fingerprint density at radius 2 is 1.41 bits per heavy atom. The second-order valence-electron chi connectivity index (χ2n) is 11.3. The number of aromatic nitrogens is 5. The van der Waals surface area contributed by atoms with E-state index in [1.54, 1.807) is 77.9 Å². The van der Waals surface area contributed by atoms with E-state index in [4.69, 9.17) is 32.7 Å². The van der Waals surface area contributed by atoms with E-state index in [0.717, 1.165) is 9.13 Å². The van der Waals surface area contributed by atoms with Gasteiger partial charge in [0.15, 0.2) is 30.4 Å². The second-order valence-corrected chi connectivity index (χ2v) is 12.2. The molecule has 0 saturated carbocycles. The molecule has 13 heteroatoms. The van der Waals surface area contributed by atoms with Crippen LogP contribution in [0.15, 0.2) is 52.2 Å². The predicted octanol–water partition coefficient (Wildman–Crippen LogP) is 4.81. The van der Waals surface area contributed by atoms with Crippen molar-refractivity contribution < 1.29 is 19.1 Å². The molecular formula is C28H29Cl2N5O6. The zero-order chi connectivity index (χ0) is 30.3. The highest BCUT2D eigenvalue weighted by molar-refractivity contribution is 6.33. The number of imidazole rings is 1. The lowest BCUT2D eigenvalue weighted by Crippen LogP contribution is -2.43. The lowest BCUT2D eigenvalue weighted by molar-refractivity contribution is -0.157. The minimum Gasteiger partial charge on any atom is -0.443 e. The Bertz CT molecular complexity index is 1760. The van der Waals surface area contributed by atoms with E-state index in [1.165, 1.54) is 10.8 Å². The molecule has 0 saturated heterocycles. The summed E-state index contributed by atoms with van der Waals surface area (Å²) in [6, 6.07) is 9.80. The summed E-state index contributed by atoms with van der Waals surface area (Å²) in [6.45, 7) is 8.68. The zero-order valence-corrected chi connectivity index (χ0v) is 24.9. The minimum absolute atomic E-state index is 0.0674. The molecule has 0 unspecified atom stereocenters. The number of fused-ring (bicyclic) bond motifs is 1. The van der Waals surface area contributed by atoms with Crippen molar-refractivity contribution in [2.75, 3.05) is 0 Å². The van der Waals surface area contributed by atoms with Gasteiger partial charge in [-0.3, -0.25) is 23.9 Å². The van der Waals surface area contributed by atoms with Crippen molar-refractivity contribution in [2.45, 2.75) is 55.0 Å². The molecule has 4 aromatic rings. The average molecular weight is 602 g/mol. The molecule has 0 aliphatic carbocycles. The third-order valence-electron chi connectivity index (χ3n) is 5.95. The first-order valence-corrected chi connectivity index (χ1v) is 13.3. The number of rotatable bonds is 6. The van der Waals surface area contributed by atoms with E-state index in [9.17, 15) is 19.2 Å². The number of benzene rings is 1. The Morgan fingerprint density at radius 1 is 0.854 bits per heavy atom. The van der Waals surface area contributed by atoms with E-state index in [2.05, 4.69) is 9.97 Å². The van der Waals surface area contributed by atoms with Crippen LogP contribution in [-0.2, 0) is 32.5 Å². The van der Waals surface area contributed by atoms with Gasteiger partial charge in [-0.1, -0.05) is 23.2 Å². The van der Waals surface area contributed by atoms with Crippen LogP contribution in [0, 0.1) is 10.8 Å². The standard InChI is InChI=1S/C28H29Cl2N5O6/c1-27(2,3)24(37)40-14-33-22-20(23(36)34(26(33)39)15-41-25(38)28(4,5)6)35(17-11-9-16(29)10-12-17)21(32-22)19-18(30)8-7-13-31-19/h7-13H,14-15H2,1-6H3. The summed E-state index contributed by atoms with van der Waals surface area (Å²) in [7, 11) is 0. The molecule has 3 heterocycles. The molecule has 0 radical (unpaired) electrons. The van der Waals surface area contributed by atoms with Crippen LogP contribution in [-0.4, -0.2) is 35.6 Å². The van der Waals surface area contributed by atoms with Crippen molar-refractivity contribution in [3.8, 4) is 17.2 Å². The van der Waals surface area contributed by atoms with Crippen LogP contribution in [0.2, 0.25) is 10.0 Å². The van der Waals surface area contributed by atoms with Crippen LogP contribution in [0.5, 0.6) is 0 Å². The van der Waals surface area contributed by atoms with Gasteiger partial charge in [0.05, 0.1) is 15.9 Å². The molecule has 0 atom stereocenters. The van der Waals surface area contributed by atoms with Gasteiger partial charge in [0, 0.05) is 16.9 Å². The van der Waals surface area contributed by atoms with Gasteiger partial charge in [-0.25, -0.2) is 18.9 Å². The Morgan fingerprint density at radius 3 is 1.95 bits per heavy atom. The van der Waals surface area contributed by atoms with E-state index in [-0.39, 0.29) is 27.7 Å². The molecular weight excluding hydrogens is 573 g/mol. The first-order chi connectivity index (χ1) is 19.1. The largest absolute Gasteiger partial charge is 0.443 e. The molecule has 1 aromatic carbocycles. The molecule has 4 rings (SSSR count). The maximum Gasteiger partial charge on any atom is 0.338 e. The molecule has 0 aliphatic heterocycles. The van der Waals surface area contributed by atoms with E-state index >= 15 is 0 Å². The van der Waals surface area contributed by atoms with E-state index in [1.807, 2.05) is 0 Å². The van der Waals surface area contributed by atoms with Crippen LogP contribution >= 0.6 is 23.2 Å². The van der Waals surface area contributed by atoms with Gasteiger partial charge < -0.3 is 9.47 Å². The number of nitrogens with zero attached hydrogens (tertiary/aromatic N) is 5. The SMILES string of the molecule is CC(C)(C)C(=O)OCn1c(=O)c2c(nc(-c3ncccc3Cl)n2-c2ccc(Cl)cc2)n(COC(=O)C(C)(C)C)c1=O. The summed E-state index contributed by atoms with van der Waals surface area (Å²) in [5.41, 5.74) is -2.92. The lowest BCUT2D eigenvalue weighted by atomic mass is 9.97. The average Bonchev–Trinajstić information content (AvgIpc) is 3.28. The fourth-order valence-electron chi connectivity index (χ4n) is 3.70. The highest BCUT2D eigenvalue weighted by Crippen LogP contribution is 2.30. The number of carbonyl (C=O) groups is 2. The molecule has 0 N–H and O–H groups in total. The van der Waals surface area contributed by atoms with Gasteiger partial charge in [-0.05, 0) is 77.9 Å². The Hall–Kier alpha value is -3.96. The van der Waals surface area contributed by atoms with Gasteiger partial charge in [0.25, 0.3) is 5.56 Å². The van der Waals surface area contributed by atoms with Crippen molar-refractivity contribution in [1.29, 1.82) is 0 Å². The van der Waals surface area contributed by atoms with E-state index in [0.29, 0.717) is 10.7 Å². The fraction of sp³-hybridized carbons (Fsp3) is 0.357. The molecule has 0 spiro atoms. The summed E-state index contributed by atoms with van der Waals surface area (Å²) in [6.07, 6.45) is 1.51. The molecule has 0 fully saturated rings. The van der Waals surface area contributed by atoms with Crippen molar-refractivity contribution in [1.82, 2.24) is 23.7 Å². The second kappa shape index (κ2) is 11.1. The van der Waals surface area contributed by atoms with Gasteiger partial charge in [0.1, 0.15) is 5.69 Å². The molecule has 0 amide bonds. The topological polar surface area (TPSA) is 127 Å². The Labute approximate surface area is 245 Å². The number of hydrogen-bond donors (Lipinski definition) is 0. The summed E-state index contributed by atoms with van der Waals surface area (Å²) >= 11 is 12.6. The first-order valence-electron chi connectivity index (χ1n) is 12.6. The zero-order valence-electron chi connectivity index (χ0n) is 23.4. The van der Waals surface area contributed by atoms with Gasteiger partial charge in [-0.15, -0.1) is 0 Å². The summed E-state index contributed by atoms with van der Waals surface area (Å²) in [5.74, 6) is -1.06. The van der Waals surface area contributed by atoms with E-state index < -0.39 is 47.5 Å². The molecule has 11 nitrogen and oxygen atoms in total. The number of pyridine rings is 1. The molecule has 0 aliphatic rings. The fourth-order valence-corrected chi connectivity index (χ4v) is 4.03. The molecule has 3 aromatic heterocycles. The minimum atomic E-state index is -0.898. The quantitative estimate of drug-likeness (QED) is 0.288. The predicted molar refractivity (Wildman–Crippen MR) is 154 cm³/mol. The lowest BCUT2D eigenvalue weighted by Gasteiger charge is -2.19. The van der Waals surface area contributed by atoms with Crippen LogP contribution in [0.4, 0.5) is 0 Å². The summed E-state index contributed by atoms with van der Waals surface area (Å²) < 4.78 is 14.0. The highest BCUT2D eigenvalue weighted by atomic mass is 35.5. The third-order valence-corrected chi connectivity index (χ3v) is 6.51. The van der Waals surface area contributed by atoms with Crippen LogP contribution in [0.25, 0.3) is 28.4 Å². The number of esters is 2. The maximum absolute atomic E-state index is 14.0. The smallest absolute Gasteiger partial charge is 0.338 e. The molecule has 0 bridgehead atoms. The first kappa shape index (κ1) is 30.0. The summed E-state index contributed by atoms with van der Waals surface area (Å²) in [5, 5.41) is 0.693. The van der Waals surface area contributed by atoms with Gasteiger partial charge in [0.2, 0.25) is 0 Å². The van der Waals surface area contributed by atoms with Crippen molar-refractivity contribution in [2.24, 2.45) is 10.8 Å². The highest BCUT2D eigenvalue weighted by Gasteiger charge is 2.29. The monoisotopic (exact) mass is 601 g/mol. The number of carbonyl (C=O) groups excluding carboxylic acids is 2. The Kier molecular flexibility index (Phi) is 8.15. The van der Waals surface area contributed by atoms with Crippen LogP contribution < -0.4 is 11.2 Å². The van der Waals surface area contributed by atoms with Crippen molar-refractivity contribution in [3.63, 3.8) is 0 Å². The summed E-state index contributed by atoms with van der Waals surface area (Å²) in [4.78, 5) is 61.7. The molecule has 216 valence electrons. The van der Waals surface area contributed by atoms with Crippen LogP contribution in [0.1, 0.15) is 41.5 Å². The third kappa shape index (κ3) is 6.06. The molecule has 41 heavy (non-hydrogen) atoms. The Balaban J connectivity index is 2.06. The normalized spacial score (nSPS) is 12.0. The van der Waals surface area contributed by atoms with Gasteiger partial charge in [-0.2, -0.15) is 0 Å². The van der Waals surface area contributed by atoms with Crippen molar-refractivity contribution >= 4 is 46.3 Å². The maximum atomic E-state index is 14.0. The van der Waals surface area contributed by atoms with Crippen molar-refractivity contribution in [3.05, 3.63) is 73.5 Å². The number of ether oxygens (including phenoxy) is 2. The van der Waals surface area contributed by atoms with Gasteiger partial charge >= 0.3 is 17.6 Å². The van der Waals surface area contributed by atoms with Crippen LogP contribution in [0.3, 0.4) is 0 Å². The number of halogens is 2.